The number of carbonyl (C=O) groups is 2. The van der Waals surface area contributed by atoms with Crippen LogP contribution in [0.15, 0.2) is 70.1 Å². The van der Waals surface area contributed by atoms with Crippen molar-refractivity contribution in [3.05, 3.63) is 77.0 Å². The number of esters is 1. The molecular weight excluding hydrogens is 386 g/mol. The molecule has 8 nitrogen and oxygen atoms in total. The van der Waals surface area contributed by atoms with Crippen LogP contribution in [0.1, 0.15) is 18.7 Å². The van der Waals surface area contributed by atoms with Crippen molar-refractivity contribution in [1.82, 2.24) is 14.9 Å². The Bertz CT molecular complexity index is 1260. The molecule has 2 aromatic carbocycles. The van der Waals surface area contributed by atoms with Crippen LogP contribution in [0.25, 0.3) is 21.9 Å². The van der Waals surface area contributed by atoms with Crippen LogP contribution in [0.4, 0.5) is 0 Å². The summed E-state index contributed by atoms with van der Waals surface area (Å²) in [4.78, 5) is 40.8. The van der Waals surface area contributed by atoms with E-state index in [4.69, 9.17) is 9.15 Å². The van der Waals surface area contributed by atoms with E-state index in [0.717, 1.165) is 15.5 Å². The van der Waals surface area contributed by atoms with Crippen LogP contribution in [0.2, 0.25) is 0 Å². The molecule has 1 amide bonds. The number of aromatic nitrogens is 2. The first kappa shape index (κ1) is 19.4. The van der Waals surface area contributed by atoms with E-state index in [-0.39, 0.29) is 12.1 Å². The van der Waals surface area contributed by atoms with E-state index in [9.17, 15) is 14.4 Å². The van der Waals surface area contributed by atoms with Crippen LogP contribution in [0, 0.1) is 0 Å². The number of hydrogen-bond donors (Lipinski definition) is 1. The fraction of sp³-hybridized carbons (Fsp3) is 0.182. The van der Waals surface area contributed by atoms with Crippen molar-refractivity contribution in [1.29, 1.82) is 0 Å². The number of para-hydroxylation sites is 2. The van der Waals surface area contributed by atoms with Gasteiger partial charge in [-0.25, -0.2) is 4.98 Å². The second-order valence-electron chi connectivity index (χ2n) is 6.83. The molecule has 8 heteroatoms. The maximum absolute atomic E-state index is 12.4. The van der Waals surface area contributed by atoms with E-state index in [0.29, 0.717) is 16.7 Å². The third-order valence-electron chi connectivity index (χ3n) is 4.64. The van der Waals surface area contributed by atoms with Gasteiger partial charge in [-0.1, -0.05) is 30.3 Å². The molecule has 4 rings (SSSR count). The smallest absolute Gasteiger partial charge is 0.326 e. The number of ether oxygens (including phenoxy) is 1. The highest BCUT2D eigenvalue weighted by atomic mass is 16.5. The molecule has 2 aromatic heterocycles. The van der Waals surface area contributed by atoms with Gasteiger partial charge in [0.15, 0.2) is 6.61 Å². The molecule has 152 valence electrons. The van der Waals surface area contributed by atoms with Gasteiger partial charge in [0.25, 0.3) is 11.5 Å². The number of benzene rings is 2. The Labute approximate surface area is 171 Å². The van der Waals surface area contributed by atoms with Crippen molar-refractivity contribution >= 4 is 33.7 Å². The molecule has 0 aliphatic rings. The lowest BCUT2D eigenvalue weighted by Crippen LogP contribution is -2.32. The molecule has 1 atom stereocenters. The van der Waals surface area contributed by atoms with Gasteiger partial charge in [0, 0.05) is 5.39 Å². The summed E-state index contributed by atoms with van der Waals surface area (Å²) in [6, 6.07) is 15.9. The lowest BCUT2D eigenvalue weighted by molar-refractivity contribution is -0.149. The Hall–Kier alpha value is -3.94. The van der Waals surface area contributed by atoms with Crippen molar-refractivity contribution in [3.63, 3.8) is 0 Å². The summed E-state index contributed by atoms with van der Waals surface area (Å²) in [6.45, 7) is 0.986. The highest BCUT2D eigenvalue weighted by molar-refractivity contribution is 5.82. The summed E-state index contributed by atoms with van der Waals surface area (Å²) in [7, 11) is 0. The first-order valence-corrected chi connectivity index (χ1v) is 9.39. The predicted octanol–water partition coefficient (Wildman–Crippen LogP) is 2.56. The van der Waals surface area contributed by atoms with E-state index >= 15 is 0 Å². The van der Waals surface area contributed by atoms with Crippen molar-refractivity contribution in [3.8, 4) is 0 Å². The third kappa shape index (κ3) is 4.07. The van der Waals surface area contributed by atoms with E-state index in [2.05, 4.69) is 10.3 Å². The zero-order valence-corrected chi connectivity index (χ0v) is 16.2. The van der Waals surface area contributed by atoms with E-state index in [1.165, 1.54) is 6.33 Å². The Morgan fingerprint density at radius 2 is 1.93 bits per heavy atom. The summed E-state index contributed by atoms with van der Waals surface area (Å²) < 4.78 is 11.9. The highest BCUT2D eigenvalue weighted by Crippen LogP contribution is 2.23. The van der Waals surface area contributed by atoms with Crippen molar-refractivity contribution in [2.75, 3.05) is 6.61 Å². The maximum Gasteiger partial charge on any atom is 0.326 e. The summed E-state index contributed by atoms with van der Waals surface area (Å²) in [5.74, 6) is -0.578. The largest absolute Gasteiger partial charge is 0.459 e. The van der Waals surface area contributed by atoms with E-state index in [1.807, 2.05) is 30.3 Å². The molecule has 0 aliphatic heterocycles. The molecule has 0 aliphatic carbocycles. The van der Waals surface area contributed by atoms with Gasteiger partial charge < -0.3 is 14.5 Å². The zero-order valence-electron chi connectivity index (χ0n) is 16.2. The SMILES string of the molecule is C[C@H](NC(=O)COC(=O)Cn1cnc2ccccc2c1=O)c1cc2ccccc2o1. The summed E-state index contributed by atoms with van der Waals surface area (Å²) in [6.07, 6.45) is 1.29. The second-order valence-corrected chi connectivity index (χ2v) is 6.83. The number of amides is 1. The Morgan fingerprint density at radius 3 is 2.77 bits per heavy atom. The molecule has 0 fully saturated rings. The number of rotatable bonds is 6. The molecule has 0 bridgehead atoms. The number of nitrogens with one attached hydrogen (secondary N) is 1. The van der Waals surface area contributed by atoms with Crippen LogP contribution in [-0.4, -0.2) is 28.0 Å². The number of furan rings is 1. The molecule has 4 aromatic rings. The van der Waals surface area contributed by atoms with Crippen LogP contribution in [0.3, 0.4) is 0 Å². The normalized spacial score (nSPS) is 12.0. The third-order valence-corrected chi connectivity index (χ3v) is 4.64. The predicted molar refractivity (Wildman–Crippen MR) is 110 cm³/mol. The molecule has 0 radical (unpaired) electrons. The van der Waals surface area contributed by atoms with Crippen molar-refractivity contribution in [2.45, 2.75) is 19.5 Å². The average Bonchev–Trinajstić information content (AvgIpc) is 3.19. The molecule has 1 N–H and O–H groups in total. The Balaban J connectivity index is 1.33. The first-order valence-electron chi connectivity index (χ1n) is 9.39. The summed E-state index contributed by atoms with van der Waals surface area (Å²) >= 11 is 0. The average molecular weight is 405 g/mol. The topological polar surface area (TPSA) is 103 Å². The lowest BCUT2D eigenvalue weighted by Gasteiger charge is -2.12. The van der Waals surface area contributed by atoms with Gasteiger partial charge in [-0.05, 0) is 31.2 Å². The molecular formula is C22H19N3O5. The maximum atomic E-state index is 12.4. The van der Waals surface area contributed by atoms with Gasteiger partial charge in [-0.3, -0.25) is 19.0 Å². The molecule has 0 saturated heterocycles. The van der Waals surface area contributed by atoms with Crippen molar-refractivity contribution < 1.29 is 18.7 Å². The van der Waals surface area contributed by atoms with Crippen LogP contribution >= 0.6 is 0 Å². The molecule has 0 unspecified atom stereocenters. The fourth-order valence-corrected chi connectivity index (χ4v) is 3.12. The zero-order chi connectivity index (χ0) is 21.1. The summed E-state index contributed by atoms with van der Waals surface area (Å²) in [5.41, 5.74) is 0.932. The molecule has 0 spiro atoms. The van der Waals surface area contributed by atoms with Crippen LogP contribution in [-0.2, 0) is 20.9 Å². The minimum Gasteiger partial charge on any atom is -0.459 e. The van der Waals surface area contributed by atoms with Gasteiger partial charge >= 0.3 is 5.97 Å². The second kappa shape index (κ2) is 8.20. The molecule has 30 heavy (non-hydrogen) atoms. The first-order chi connectivity index (χ1) is 14.5. The van der Waals surface area contributed by atoms with Gasteiger partial charge in [-0.2, -0.15) is 0 Å². The van der Waals surface area contributed by atoms with Gasteiger partial charge in [0.1, 0.15) is 17.9 Å². The summed E-state index contributed by atoms with van der Waals surface area (Å²) in [5, 5.41) is 4.07. The van der Waals surface area contributed by atoms with Gasteiger partial charge in [0.05, 0.1) is 23.3 Å². The van der Waals surface area contributed by atoms with Gasteiger partial charge in [-0.15, -0.1) is 0 Å². The highest BCUT2D eigenvalue weighted by Gasteiger charge is 2.16. The number of carbonyl (C=O) groups excluding carboxylic acids is 2. The Morgan fingerprint density at radius 1 is 1.17 bits per heavy atom. The van der Waals surface area contributed by atoms with E-state index in [1.54, 1.807) is 31.2 Å². The van der Waals surface area contributed by atoms with Gasteiger partial charge in [0.2, 0.25) is 0 Å². The Kier molecular flexibility index (Phi) is 5.30. The van der Waals surface area contributed by atoms with Crippen LogP contribution < -0.4 is 10.9 Å². The minimum atomic E-state index is -0.708. The number of fused-ring (bicyclic) bond motifs is 2. The fourth-order valence-electron chi connectivity index (χ4n) is 3.12. The molecule has 2 heterocycles. The number of hydrogen-bond acceptors (Lipinski definition) is 6. The number of nitrogens with zero attached hydrogens (tertiary/aromatic N) is 2. The molecule has 0 saturated carbocycles. The standard InChI is InChI=1S/C22H19N3O5/c1-14(19-10-15-6-2-5-9-18(15)30-19)24-20(26)12-29-21(27)11-25-13-23-17-8-4-3-7-16(17)22(25)28/h2-10,13-14H,11-12H2,1H3,(H,24,26)/t14-/m0/s1. The monoisotopic (exact) mass is 405 g/mol. The lowest BCUT2D eigenvalue weighted by atomic mass is 10.2. The van der Waals surface area contributed by atoms with Crippen LogP contribution in [0.5, 0.6) is 0 Å². The quantitative estimate of drug-likeness (QED) is 0.495. The van der Waals surface area contributed by atoms with Crippen molar-refractivity contribution in [2.24, 2.45) is 0 Å². The minimum absolute atomic E-state index is 0.330. The van der Waals surface area contributed by atoms with E-state index < -0.39 is 24.5 Å².